The van der Waals surface area contributed by atoms with E-state index in [0.29, 0.717) is 112 Å². The summed E-state index contributed by atoms with van der Waals surface area (Å²) in [6.07, 6.45) is 15.9. The van der Waals surface area contributed by atoms with Gasteiger partial charge in [-0.2, -0.15) is 0 Å². The van der Waals surface area contributed by atoms with Crippen molar-refractivity contribution in [2.45, 2.75) is 181 Å². The van der Waals surface area contributed by atoms with Crippen LogP contribution in [0.3, 0.4) is 0 Å². The lowest BCUT2D eigenvalue weighted by atomic mass is 10.1. The maximum atomic E-state index is 8.70. The maximum absolute atomic E-state index is 8.70. The molecule has 20 heteroatoms. The molecule has 0 aliphatic carbocycles. The van der Waals surface area contributed by atoms with Crippen LogP contribution in [0, 0.1) is 0 Å². The van der Waals surface area contributed by atoms with Crippen molar-refractivity contribution in [1.29, 1.82) is 0 Å². The molecule has 0 fully saturated rings. The van der Waals surface area contributed by atoms with Gasteiger partial charge in [-0.3, -0.25) is 0 Å². The molecule has 15 nitrogen and oxygen atoms in total. The van der Waals surface area contributed by atoms with Gasteiger partial charge in [0.05, 0.1) is 0 Å². The first-order valence-electron chi connectivity index (χ1n) is 27.1. The molecule has 0 aromatic rings. The molecular weight excluding hydrogens is 969 g/mol. The summed E-state index contributed by atoms with van der Waals surface area (Å²) in [6.45, 7) is 38.8. The Hall–Kier alpha value is 0.484. The van der Waals surface area contributed by atoms with Gasteiger partial charge in [0.2, 0.25) is 0 Å². The van der Waals surface area contributed by atoms with E-state index in [9.17, 15) is 0 Å². The quantitative estimate of drug-likeness (QED) is 0.0454. The normalized spacial score (nSPS) is 13.0. The molecular formula is C49H110O15Si5. The summed E-state index contributed by atoms with van der Waals surface area (Å²) in [7, 11) is -10.6. The van der Waals surface area contributed by atoms with Gasteiger partial charge in [-0.15, -0.1) is 0 Å². The summed E-state index contributed by atoms with van der Waals surface area (Å²) in [6, 6.07) is 0.985. The Bertz CT molecular complexity index is 1060. The Kier molecular flexibility index (Phi) is 46.2. The molecule has 0 amide bonds. The molecule has 0 heterocycles. The first-order valence-corrected chi connectivity index (χ1v) is 42.0. The number of rotatable bonds is 56. The molecule has 0 radical (unpaired) electrons. The van der Waals surface area contributed by atoms with Crippen LogP contribution in [-0.4, -0.2) is 186 Å². The van der Waals surface area contributed by atoms with E-state index in [4.69, 9.17) is 68.9 Å². The molecule has 0 saturated heterocycles. The number of hydrogen-bond acceptors (Lipinski definition) is 15. The third kappa shape index (κ3) is 54.6. The lowest BCUT2D eigenvalue weighted by Crippen LogP contribution is -2.59. The van der Waals surface area contributed by atoms with Gasteiger partial charge in [0.1, 0.15) is 0 Å². The van der Waals surface area contributed by atoms with Gasteiger partial charge in [-0.05, 0) is 149 Å². The average molecular weight is 1080 g/mol. The van der Waals surface area contributed by atoms with Gasteiger partial charge in [0.15, 0.2) is 16.6 Å². The van der Waals surface area contributed by atoms with Crippen molar-refractivity contribution in [3.63, 3.8) is 0 Å². The van der Waals surface area contributed by atoms with E-state index < -0.39 is 42.3 Å². The van der Waals surface area contributed by atoms with Gasteiger partial charge in [-0.25, -0.2) is 0 Å². The zero-order valence-corrected chi connectivity index (χ0v) is 51.5. The topological polar surface area (TPSA) is 149 Å². The van der Waals surface area contributed by atoms with Crippen LogP contribution in [0.2, 0.25) is 78.1 Å². The standard InChI is InChI=1S/C49H110O15Si5/c1-65(2,3)61-67(7,8)63-69(11,64-68(9,10)62-66(4,5)6)49-17-15-13-12-14-16-29-51-31-19-33-53-35-21-37-55-39-23-41-57-43-25-45-59-47-27-48-60-46-26-44-58-42-24-40-56-38-22-36-54-34-20-32-52-30-18-28-50/h50H,12-49H2,1-11H3. The van der Waals surface area contributed by atoms with Crippen LogP contribution < -0.4 is 0 Å². The van der Waals surface area contributed by atoms with E-state index in [-0.39, 0.29) is 6.61 Å². The molecule has 69 heavy (non-hydrogen) atoms. The first kappa shape index (κ1) is 69.5. The van der Waals surface area contributed by atoms with Crippen LogP contribution in [0.1, 0.15) is 103 Å². The highest BCUT2D eigenvalue weighted by atomic mass is 28.5. The molecule has 0 unspecified atom stereocenters. The van der Waals surface area contributed by atoms with Gasteiger partial charge in [0, 0.05) is 139 Å². The van der Waals surface area contributed by atoms with Crippen LogP contribution in [0.4, 0.5) is 0 Å². The lowest BCUT2D eigenvalue weighted by molar-refractivity contribution is 0.0408. The van der Waals surface area contributed by atoms with E-state index >= 15 is 0 Å². The maximum Gasteiger partial charge on any atom is 0.317 e. The minimum absolute atomic E-state index is 0.178. The second-order valence-electron chi connectivity index (χ2n) is 20.8. The molecule has 416 valence electrons. The fourth-order valence-electron chi connectivity index (χ4n) is 7.59. The Morgan fingerprint density at radius 1 is 0.232 bits per heavy atom. The van der Waals surface area contributed by atoms with Crippen LogP contribution in [-0.2, 0) is 63.8 Å². The Morgan fingerprint density at radius 3 is 0.667 bits per heavy atom. The summed E-state index contributed by atoms with van der Waals surface area (Å²) in [5, 5.41) is 8.70. The zero-order chi connectivity index (χ0) is 51.3. The van der Waals surface area contributed by atoms with Crippen molar-refractivity contribution in [2.24, 2.45) is 0 Å². The highest BCUT2D eigenvalue weighted by molar-refractivity contribution is 6.90. The molecule has 0 aliphatic heterocycles. The fraction of sp³-hybridized carbons (Fsp3) is 1.00. The van der Waals surface area contributed by atoms with Crippen LogP contribution >= 0.6 is 0 Å². The minimum Gasteiger partial charge on any atom is -0.437 e. The summed E-state index contributed by atoms with van der Waals surface area (Å²) >= 11 is 0. The predicted octanol–water partition coefficient (Wildman–Crippen LogP) is 10.6. The molecule has 0 spiro atoms. The molecule has 0 rings (SSSR count). The van der Waals surface area contributed by atoms with E-state index in [0.717, 1.165) is 103 Å². The predicted molar refractivity (Wildman–Crippen MR) is 292 cm³/mol. The monoisotopic (exact) mass is 1080 g/mol. The molecule has 0 aromatic carbocycles. The highest BCUT2D eigenvalue weighted by Gasteiger charge is 2.47. The Labute approximate surface area is 429 Å². The SMILES string of the molecule is C[Si](C)(C)O[Si](C)(C)O[Si](C)(CCCCCCCCOCCCOCCCOCCCOCCCOCCCOCCCOCCCOCCCOCCCOCCCO)O[Si](C)(C)O[Si](C)(C)C. The van der Waals surface area contributed by atoms with Crippen molar-refractivity contribution in [2.75, 3.05) is 139 Å². The molecule has 0 bridgehead atoms. The van der Waals surface area contributed by atoms with Crippen LogP contribution in [0.5, 0.6) is 0 Å². The van der Waals surface area contributed by atoms with Crippen LogP contribution in [0.15, 0.2) is 0 Å². The molecule has 1 N–H and O–H groups in total. The number of aliphatic hydroxyl groups is 1. The Morgan fingerprint density at radius 2 is 0.435 bits per heavy atom. The van der Waals surface area contributed by atoms with Crippen molar-refractivity contribution >= 4 is 42.3 Å². The van der Waals surface area contributed by atoms with Gasteiger partial charge in [0.25, 0.3) is 0 Å². The first-order chi connectivity index (χ1) is 32.9. The molecule has 0 atom stereocenters. The van der Waals surface area contributed by atoms with Crippen molar-refractivity contribution in [3.05, 3.63) is 0 Å². The number of ether oxygens (including phenoxy) is 10. The third-order valence-corrected chi connectivity index (χ3v) is 27.3. The summed E-state index contributed by atoms with van der Waals surface area (Å²) < 4.78 is 83.7. The molecule has 0 aliphatic rings. The highest BCUT2D eigenvalue weighted by Crippen LogP contribution is 2.30. The van der Waals surface area contributed by atoms with Crippen LogP contribution in [0.25, 0.3) is 0 Å². The number of hydrogen-bond donors (Lipinski definition) is 1. The summed E-state index contributed by atoms with van der Waals surface area (Å²) in [5.74, 6) is 0. The Balaban J connectivity index is 3.48. The molecule has 0 saturated carbocycles. The zero-order valence-electron chi connectivity index (χ0n) is 46.5. The van der Waals surface area contributed by atoms with Gasteiger partial charge >= 0.3 is 25.7 Å². The lowest BCUT2D eigenvalue weighted by Gasteiger charge is -2.43. The minimum atomic E-state index is -2.49. The van der Waals surface area contributed by atoms with E-state index in [1.807, 2.05) is 0 Å². The smallest absolute Gasteiger partial charge is 0.317 e. The second-order valence-corrected chi connectivity index (χ2v) is 40.9. The van der Waals surface area contributed by atoms with Gasteiger partial charge < -0.3 is 68.9 Å². The fourth-order valence-corrected chi connectivity index (χ4v) is 31.0. The van der Waals surface area contributed by atoms with E-state index in [1.54, 1.807) is 0 Å². The molecule has 0 aromatic heterocycles. The number of unbranched alkanes of at least 4 members (excludes halogenated alkanes) is 5. The van der Waals surface area contributed by atoms with Crippen molar-refractivity contribution < 1.29 is 68.9 Å². The number of aliphatic hydroxyl groups excluding tert-OH is 1. The van der Waals surface area contributed by atoms with Crippen molar-refractivity contribution in [3.8, 4) is 0 Å². The van der Waals surface area contributed by atoms with E-state index in [1.165, 1.54) is 25.7 Å². The third-order valence-electron chi connectivity index (χ3n) is 9.84. The van der Waals surface area contributed by atoms with Crippen molar-refractivity contribution in [1.82, 2.24) is 0 Å². The summed E-state index contributed by atoms with van der Waals surface area (Å²) in [4.78, 5) is 0. The average Bonchev–Trinajstić information content (AvgIpc) is 3.24. The van der Waals surface area contributed by atoms with E-state index in [2.05, 4.69) is 72.0 Å². The van der Waals surface area contributed by atoms with Gasteiger partial charge in [-0.1, -0.05) is 32.1 Å². The second kappa shape index (κ2) is 45.8. The largest absolute Gasteiger partial charge is 0.437 e. The summed E-state index contributed by atoms with van der Waals surface area (Å²) in [5.41, 5.74) is 0.